The Morgan fingerprint density at radius 3 is 1.30 bits per heavy atom. The molecule has 14 heteroatoms. The third-order valence-electron chi connectivity index (χ3n) is 7.87. The van der Waals surface area contributed by atoms with Gasteiger partial charge in [-0.2, -0.15) is 0 Å². The van der Waals surface area contributed by atoms with Crippen LogP contribution in [-0.4, -0.2) is 62.0 Å². The van der Waals surface area contributed by atoms with Crippen molar-refractivity contribution in [1.82, 2.24) is 10.6 Å². The van der Waals surface area contributed by atoms with Gasteiger partial charge >= 0.3 is 24.1 Å². The molecule has 0 aliphatic heterocycles. The molecule has 2 N–H and O–H groups in total. The largest absolute Gasteiger partial charge is 0.493 e. The van der Waals surface area contributed by atoms with Gasteiger partial charge in [-0.1, -0.05) is 84.9 Å². The smallest absolute Gasteiger partial charge is 0.408 e. The van der Waals surface area contributed by atoms with Gasteiger partial charge in [-0.25, -0.2) is 19.2 Å². The molecule has 0 aliphatic carbocycles. The molecule has 0 aromatic heterocycles. The van der Waals surface area contributed by atoms with Gasteiger partial charge in [0.15, 0.2) is 34.6 Å². The minimum Gasteiger partial charge on any atom is -0.493 e. The van der Waals surface area contributed by atoms with Crippen molar-refractivity contribution in [3.05, 3.63) is 131 Å². The van der Waals surface area contributed by atoms with Gasteiger partial charge in [0.2, 0.25) is 0 Å². The lowest BCUT2D eigenvalue weighted by molar-refractivity contribution is -0.137. The molecule has 0 bridgehead atoms. The van der Waals surface area contributed by atoms with Crippen LogP contribution in [-0.2, 0) is 41.9 Å². The summed E-state index contributed by atoms with van der Waals surface area (Å²) in [6, 6.07) is 25.2. The van der Waals surface area contributed by atoms with Gasteiger partial charge in [0.25, 0.3) is 0 Å². The summed E-state index contributed by atoms with van der Waals surface area (Å²) in [4.78, 5) is 74.7. The molecule has 0 saturated heterocycles. The van der Waals surface area contributed by atoms with Crippen LogP contribution in [0.15, 0.2) is 109 Å². The molecular weight excluding hydrogens is 736 g/mol. The first kappa shape index (κ1) is 42.5. The average molecular weight is 779 g/mol. The first-order valence-corrected chi connectivity index (χ1v) is 17.6. The maximum atomic E-state index is 12.6. The Labute approximate surface area is 329 Å². The number of allylic oxidation sites excluding steroid dienone is 2. The average Bonchev–Trinajstić information content (AvgIpc) is 3.21. The number of carbonyl (C=O) groups is 6. The predicted octanol–water partition coefficient (Wildman–Crippen LogP) is 6.40. The Bertz CT molecular complexity index is 1950. The van der Waals surface area contributed by atoms with Gasteiger partial charge in [-0.05, 0) is 72.5 Å². The third-order valence-corrected chi connectivity index (χ3v) is 7.87. The van der Waals surface area contributed by atoms with Crippen molar-refractivity contribution < 1.29 is 57.2 Å². The molecule has 2 atom stereocenters. The maximum absolute atomic E-state index is 12.6. The van der Waals surface area contributed by atoms with Crippen LogP contribution in [0, 0.1) is 0 Å². The maximum Gasteiger partial charge on any atom is 0.408 e. The number of rotatable bonds is 18. The first-order chi connectivity index (χ1) is 27.4. The number of hydrogen-bond acceptors (Lipinski definition) is 12. The molecule has 0 unspecified atom stereocenters. The third kappa shape index (κ3) is 14.2. The van der Waals surface area contributed by atoms with E-state index in [4.69, 9.17) is 28.4 Å². The van der Waals surface area contributed by atoms with Gasteiger partial charge in [-0.3, -0.25) is 9.59 Å². The molecule has 4 aromatic rings. The highest BCUT2D eigenvalue weighted by Gasteiger charge is 2.22. The molecule has 0 saturated carbocycles. The Hall–Kier alpha value is -7.22. The van der Waals surface area contributed by atoms with E-state index in [0.717, 1.165) is 11.1 Å². The number of esters is 2. The molecule has 0 aliphatic rings. The Balaban J connectivity index is 1.23. The van der Waals surface area contributed by atoms with Crippen molar-refractivity contribution in [1.29, 1.82) is 0 Å². The van der Waals surface area contributed by atoms with E-state index in [1.54, 1.807) is 36.4 Å². The fourth-order valence-electron chi connectivity index (χ4n) is 4.81. The predicted molar refractivity (Wildman–Crippen MR) is 208 cm³/mol. The molecule has 4 rings (SSSR count). The molecule has 2 amide bonds. The van der Waals surface area contributed by atoms with Crippen LogP contribution in [0.25, 0.3) is 12.2 Å². The number of amides is 2. The lowest BCUT2D eigenvalue weighted by Crippen LogP contribution is -2.41. The molecule has 57 heavy (non-hydrogen) atoms. The quantitative estimate of drug-likeness (QED) is 0.0492. The molecule has 0 radical (unpaired) electrons. The zero-order chi connectivity index (χ0) is 41.2. The van der Waals surface area contributed by atoms with E-state index in [2.05, 4.69) is 10.6 Å². The van der Waals surface area contributed by atoms with Crippen LogP contribution in [0.2, 0.25) is 0 Å². The molecule has 4 aromatic carbocycles. The fourth-order valence-corrected chi connectivity index (χ4v) is 4.81. The summed E-state index contributed by atoms with van der Waals surface area (Å²) in [6.07, 6.45) is 3.46. The summed E-state index contributed by atoms with van der Waals surface area (Å²) in [5.41, 5.74) is 2.63. The van der Waals surface area contributed by atoms with E-state index >= 15 is 0 Å². The second-order valence-electron chi connectivity index (χ2n) is 12.3. The number of hydrogen-bond donors (Lipinski definition) is 2. The van der Waals surface area contributed by atoms with Crippen LogP contribution in [0.3, 0.4) is 0 Å². The second kappa shape index (κ2) is 21.6. The molecule has 0 heterocycles. The number of ketones is 2. The van der Waals surface area contributed by atoms with E-state index in [1.807, 2.05) is 36.4 Å². The lowest BCUT2D eigenvalue weighted by Gasteiger charge is -2.15. The molecular formula is C43H42N2O12. The number of alkyl carbamates (subject to hydrolysis) is 2. The molecule has 0 fully saturated rings. The van der Waals surface area contributed by atoms with Crippen LogP contribution < -0.4 is 29.6 Å². The van der Waals surface area contributed by atoms with Crippen LogP contribution in [0.1, 0.15) is 42.5 Å². The highest BCUT2D eigenvalue weighted by Crippen LogP contribution is 2.30. The summed E-state index contributed by atoms with van der Waals surface area (Å²) < 4.78 is 31.8. The van der Waals surface area contributed by atoms with Gasteiger partial charge in [0.1, 0.15) is 25.3 Å². The SMILES string of the molecule is COc1cc(/C=C/C(=O)CC(=O)/C=C/c2ccc(OC(=O)[C@@H](C)NC(=O)OCc3ccccc3)c(OC)c2)ccc1OC(=O)[C@@H](C)NC(=O)OCc1ccccc1. The second-order valence-corrected chi connectivity index (χ2v) is 12.3. The monoisotopic (exact) mass is 778 g/mol. The summed E-state index contributed by atoms with van der Waals surface area (Å²) in [6.45, 7) is 2.97. The normalized spacial score (nSPS) is 11.9. The molecule has 14 nitrogen and oxygen atoms in total. The molecule has 0 spiro atoms. The Morgan fingerprint density at radius 2 is 0.930 bits per heavy atom. The topological polar surface area (TPSA) is 182 Å². The van der Waals surface area contributed by atoms with Crippen molar-refractivity contribution in [3.63, 3.8) is 0 Å². The summed E-state index contributed by atoms with van der Waals surface area (Å²) >= 11 is 0. The van der Waals surface area contributed by atoms with Gasteiger partial charge in [0.05, 0.1) is 20.6 Å². The molecule has 296 valence electrons. The van der Waals surface area contributed by atoms with E-state index in [0.29, 0.717) is 11.1 Å². The van der Waals surface area contributed by atoms with E-state index < -0.39 is 54.2 Å². The van der Waals surface area contributed by atoms with Gasteiger partial charge in [-0.15, -0.1) is 0 Å². The minimum absolute atomic E-state index is 0.0368. The minimum atomic E-state index is -1.03. The van der Waals surface area contributed by atoms with Gasteiger partial charge < -0.3 is 39.1 Å². The van der Waals surface area contributed by atoms with Crippen LogP contribution in [0.5, 0.6) is 23.0 Å². The van der Waals surface area contributed by atoms with Gasteiger partial charge in [0, 0.05) is 0 Å². The van der Waals surface area contributed by atoms with Crippen molar-refractivity contribution in [2.75, 3.05) is 14.2 Å². The van der Waals surface area contributed by atoms with Crippen LogP contribution in [0.4, 0.5) is 9.59 Å². The first-order valence-electron chi connectivity index (χ1n) is 17.6. The van der Waals surface area contributed by atoms with Crippen LogP contribution >= 0.6 is 0 Å². The number of ether oxygens (including phenoxy) is 6. The number of benzene rings is 4. The zero-order valence-corrected chi connectivity index (χ0v) is 31.7. The van der Waals surface area contributed by atoms with Crippen molar-refractivity contribution in [2.45, 2.75) is 45.6 Å². The van der Waals surface area contributed by atoms with Crippen molar-refractivity contribution >= 4 is 47.8 Å². The Morgan fingerprint density at radius 1 is 0.544 bits per heavy atom. The fraction of sp³-hybridized carbons (Fsp3) is 0.209. The number of carbonyl (C=O) groups excluding carboxylic acids is 6. The van der Waals surface area contributed by atoms with E-state index in [1.165, 1.54) is 76.6 Å². The zero-order valence-electron chi connectivity index (χ0n) is 31.7. The highest BCUT2D eigenvalue weighted by atomic mass is 16.6. The van der Waals surface area contributed by atoms with Crippen molar-refractivity contribution in [2.24, 2.45) is 0 Å². The number of methoxy groups -OCH3 is 2. The van der Waals surface area contributed by atoms with E-state index in [-0.39, 0.29) is 36.2 Å². The highest BCUT2D eigenvalue weighted by molar-refractivity contribution is 6.11. The standard InChI is InChI=1S/C43H42N2O12/c1-28(44-42(50)54-26-32-11-7-5-8-12-32)40(48)56-36-21-17-30(23-38(36)52-3)15-19-34(46)25-35(47)20-16-31-18-22-37(39(24-31)53-4)57-41(49)29(2)45-43(51)55-27-33-13-9-6-10-14-33/h5-24,28-29H,25-27H2,1-4H3,(H,44,50)(H,45,51)/b19-15+,20-16+/t28-,29-/m1/s1. The summed E-state index contributed by atoms with van der Waals surface area (Å²) in [5, 5.41) is 4.84. The van der Waals surface area contributed by atoms with E-state index in [9.17, 15) is 28.8 Å². The van der Waals surface area contributed by atoms with Crippen molar-refractivity contribution in [3.8, 4) is 23.0 Å². The lowest BCUT2D eigenvalue weighted by atomic mass is 10.1. The summed E-state index contributed by atoms with van der Waals surface area (Å²) in [7, 11) is 2.75. The Kier molecular flexibility index (Phi) is 16.1. The number of nitrogens with one attached hydrogen (secondary N) is 2. The summed E-state index contributed by atoms with van der Waals surface area (Å²) in [5.74, 6) is -1.89.